The van der Waals surface area contributed by atoms with Crippen LogP contribution >= 0.6 is 0 Å². The summed E-state index contributed by atoms with van der Waals surface area (Å²) in [7, 11) is 0. The van der Waals surface area contributed by atoms with E-state index < -0.39 is 0 Å². The van der Waals surface area contributed by atoms with Gasteiger partial charge in [0.15, 0.2) is 6.61 Å². The maximum Gasteiger partial charge on any atom is 0.174 e. The minimum atomic E-state index is 0.0621. The van der Waals surface area contributed by atoms with E-state index in [0.29, 0.717) is 6.54 Å². The summed E-state index contributed by atoms with van der Waals surface area (Å²) in [4.78, 5) is 0. The van der Waals surface area contributed by atoms with Gasteiger partial charge in [-0.3, -0.25) is 0 Å². The number of nitriles is 1. The van der Waals surface area contributed by atoms with E-state index in [1.54, 1.807) is 0 Å². The van der Waals surface area contributed by atoms with Gasteiger partial charge in [0.05, 0.1) is 0 Å². The minimum Gasteiger partial charge on any atom is -0.478 e. The lowest BCUT2D eigenvalue weighted by Crippen LogP contribution is -2.18. The molecule has 0 spiro atoms. The zero-order valence-corrected chi connectivity index (χ0v) is 12.6. The predicted molar refractivity (Wildman–Crippen MR) is 81.0 cm³/mol. The highest BCUT2D eigenvalue weighted by Crippen LogP contribution is 2.23. The van der Waals surface area contributed by atoms with Crippen LogP contribution in [0.15, 0.2) is 34.7 Å². The first kappa shape index (κ1) is 15.1. The number of furan rings is 1. The molecule has 2 aromatic rings. The van der Waals surface area contributed by atoms with Gasteiger partial charge in [0.25, 0.3) is 0 Å². The van der Waals surface area contributed by atoms with Gasteiger partial charge >= 0.3 is 0 Å². The Balaban J connectivity index is 2.03. The average Bonchev–Trinajstić information content (AvgIpc) is 2.82. The molecule has 0 radical (unpaired) electrons. The molecule has 0 bridgehead atoms. The normalized spacial score (nSPS) is 11.9. The molecule has 1 unspecified atom stereocenters. The van der Waals surface area contributed by atoms with Crippen LogP contribution in [0.5, 0.6) is 5.75 Å². The predicted octanol–water partition coefficient (Wildman–Crippen LogP) is 3.65. The number of para-hydroxylation sites is 1. The Hall–Kier alpha value is -2.25. The molecule has 0 amide bonds. The van der Waals surface area contributed by atoms with E-state index in [1.165, 1.54) is 5.56 Å². The Morgan fingerprint density at radius 2 is 2.10 bits per heavy atom. The number of hydrogen-bond acceptors (Lipinski definition) is 4. The molecule has 21 heavy (non-hydrogen) atoms. The number of aryl methyl sites for hydroxylation is 2. The lowest BCUT2D eigenvalue weighted by Gasteiger charge is -2.15. The average molecular weight is 284 g/mol. The third kappa shape index (κ3) is 3.87. The summed E-state index contributed by atoms with van der Waals surface area (Å²) < 4.78 is 11.0. The molecule has 1 aromatic carbocycles. The van der Waals surface area contributed by atoms with E-state index >= 15 is 0 Å². The van der Waals surface area contributed by atoms with E-state index in [0.717, 1.165) is 22.8 Å². The molecule has 1 N–H and O–H groups in total. The van der Waals surface area contributed by atoms with Gasteiger partial charge in [-0.05, 0) is 32.9 Å². The van der Waals surface area contributed by atoms with Gasteiger partial charge in [-0.2, -0.15) is 5.26 Å². The first-order valence-corrected chi connectivity index (χ1v) is 6.99. The Labute approximate surface area is 125 Å². The van der Waals surface area contributed by atoms with Crippen LogP contribution in [0.3, 0.4) is 0 Å². The van der Waals surface area contributed by atoms with Crippen molar-refractivity contribution in [1.29, 1.82) is 5.26 Å². The molecule has 0 saturated heterocycles. The van der Waals surface area contributed by atoms with Gasteiger partial charge in [-0.1, -0.05) is 18.2 Å². The zero-order chi connectivity index (χ0) is 15.2. The zero-order valence-electron chi connectivity index (χ0n) is 12.6. The summed E-state index contributed by atoms with van der Waals surface area (Å²) in [6, 6.07) is 12.0. The fourth-order valence-corrected chi connectivity index (χ4v) is 2.35. The van der Waals surface area contributed by atoms with Gasteiger partial charge in [0.2, 0.25) is 0 Å². The lowest BCUT2D eigenvalue weighted by molar-refractivity contribution is 0.361. The highest BCUT2D eigenvalue weighted by Gasteiger charge is 2.13. The van der Waals surface area contributed by atoms with Crippen LogP contribution in [0.4, 0.5) is 0 Å². The molecule has 0 aliphatic heterocycles. The molecule has 0 aliphatic rings. The summed E-state index contributed by atoms with van der Waals surface area (Å²) in [6.07, 6.45) is 0. The summed E-state index contributed by atoms with van der Waals surface area (Å²) in [5, 5.41) is 12.1. The minimum absolute atomic E-state index is 0.0621. The highest BCUT2D eigenvalue weighted by molar-refractivity contribution is 5.33. The van der Waals surface area contributed by atoms with Crippen LogP contribution in [0, 0.1) is 25.2 Å². The van der Waals surface area contributed by atoms with Crippen LogP contribution in [0.2, 0.25) is 0 Å². The van der Waals surface area contributed by atoms with Crippen molar-refractivity contribution in [3.8, 4) is 11.8 Å². The number of ether oxygens (including phenoxy) is 1. The van der Waals surface area contributed by atoms with Crippen molar-refractivity contribution in [3.05, 3.63) is 53.0 Å². The molecule has 0 fully saturated rings. The number of rotatable bonds is 6. The van der Waals surface area contributed by atoms with Gasteiger partial charge in [-0.15, -0.1) is 0 Å². The smallest absolute Gasteiger partial charge is 0.174 e. The van der Waals surface area contributed by atoms with Gasteiger partial charge in [0.1, 0.15) is 23.3 Å². The molecule has 1 atom stereocenters. The van der Waals surface area contributed by atoms with Crippen LogP contribution in [0.1, 0.15) is 35.6 Å². The van der Waals surface area contributed by atoms with Crippen LogP contribution < -0.4 is 10.1 Å². The van der Waals surface area contributed by atoms with E-state index in [-0.39, 0.29) is 12.6 Å². The van der Waals surface area contributed by atoms with Crippen molar-refractivity contribution in [3.63, 3.8) is 0 Å². The molecule has 1 heterocycles. The van der Waals surface area contributed by atoms with E-state index in [2.05, 4.69) is 18.3 Å². The van der Waals surface area contributed by atoms with Crippen molar-refractivity contribution in [1.82, 2.24) is 5.32 Å². The Bertz CT molecular complexity index is 640. The van der Waals surface area contributed by atoms with Crippen molar-refractivity contribution in [2.45, 2.75) is 33.4 Å². The number of nitrogens with zero attached hydrogens (tertiary/aromatic N) is 1. The number of hydrogen-bond donors (Lipinski definition) is 1. The van der Waals surface area contributed by atoms with Gasteiger partial charge in [0, 0.05) is 23.7 Å². The topological polar surface area (TPSA) is 58.2 Å². The first-order valence-electron chi connectivity index (χ1n) is 6.99. The fraction of sp³-hybridized carbons (Fsp3) is 0.353. The summed E-state index contributed by atoms with van der Waals surface area (Å²) in [6.45, 7) is 6.77. The Morgan fingerprint density at radius 3 is 2.76 bits per heavy atom. The second kappa shape index (κ2) is 6.96. The third-order valence-corrected chi connectivity index (χ3v) is 3.41. The SMILES string of the molecule is Cc1cc(C(C)NCc2ccccc2OCC#N)c(C)o1. The largest absolute Gasteiger partial charge is 0.478 e. The van der Waals surface area contributed by atoms with Crippen LogP contribution in [-0.4, -0.2) is 6.61 Å². The summed E-state index contributed by atoms with van der Waals surface area (Å²) >= 11 is 0. The quantitative estimate of drug-likeness (QED) is 0.879. The number of benzene rings is 1. The summed E-state index contributed by atoms with van der Waals surface area (Å²) in [5.41, 5.74) is 2.21. The molecule has 110 valence electrons. The Morgan fingerprint density at radius 1 is 1.33 bits per heavy atom. The highest BCUT2D eigenvalue weighted by atomic mass is 16.5. The van der Waals surface area contributed by atoms with Crippen LogP contribution in [0.25, 0.3) is 0 Å². The van der Waals surface area contributed by atoms with Gasteiger partial charge < -0.3 is 14.5 Å². The van der Waals surface area contributed by atoms with Crippen molar-refractivity contribution in [2.75, 3.05) is 6.61 Å². The molecular formula is C17H20N2O2. The second-order valence-electron chi connectivity index (χ2n) is 5.03. The summed E-state index contributed by atoms with van der Waals surface area (Å²) in [5.74, 6) is 2.62. The van der Waals surface area contributed by atoms with E-state index in [9.17, 15) is 0 Å². The fourth-order valence-electron chi connectivity index (χ4n) is 2.35. The van der Waals surface area contributed by atoms with Crippen molar-refractivity contribution < 1.29 is 9.15 Å². The van der Waals surface area contributed by atoms with Gasteiger partial charge in [-0.25, -0.2) is 0 Å². The standard InChI is InChI=1S/C17H20N2O2/c1-12-10-16(14(3)21-12)13(2)19-11-15-6-4-5-7-17(15)20-9-8-18/h4-7,10,13,19H,9,11H2,1-3H3. The molecule has 2 rings (SSSR count). The van der Waals surface area contributed by atoms with Crippen molar-refractivity contribution >= 4 is 0 Å². The maximum atomic E-state index is 8.62. The molecule has 0 aliphatic carbocycles. The van der Waals surface area contributed by atoms with Crippen LogP contribution in [-0.2, 0) is 6.54 Å². The maximum absolute atomic E-state index is 8.62. The second-order valence-corrected chi connectivity index (χ2v) is 5.03. The molecule has 4 nitrogen and oxygen atoms in total. The number of nitrogens with one attached hydrogen (secondary N) is 1. The molecule has 0 saturated carbocycles. The molecular weight excluding hydrogens is 264 g/mol. The molecule has 1 aromatic heterocycles. The monoisotopic (exact) mass is 284 g/mol. The first-order chi connectivity index (χ1) is 10.1. The van der Waals surface area contributed by atoms with E-state index in [1.807, 2.05) is 44.2 Å². The third-order valence-electron chi connectivity index (χ3n) is 3.41. The lowest BCUT2D eigenvalue weighted by atomic mass is 10.1. The van der Waals surface area contributed by atoms with Crippen molar-refractivity contribution in [2.24, 2.45) is 0 Å². The van der Waals surface area contributed by atoms with E-state index in [4.69, 9.17) is 14.4 Å². The molecule has 4 heteroatoms. The Kier molecular flexibility index (Phi) is 5.02.